The van der Waals surface area contributed by atoms with Crippen molar-refractivity contribution < 1.29 is 4.79 Å². The summed E-state index contributed by atoms with van der Waals surface area (Å²) in [7, 11) is 0. The Labute approximate surface area is 98.6 Å². The van der Waals surface area contributed by atoms with Gasteiger partial charge in [0.15, 0.2) is 0 Å². The number of carbonyl (C=O) groups is 1. The zero-order valence-electron chi connectivity index (χ0n) is 10.5. The summed E-state index contributed by atoms with van der Waals surface area (Å²) >= 11 is 0. The lowest BCUT2D eigenvalue weighted by atomic mass is 9.80. The van der Waals surface area contributed by atoms with E-state index in [1.807, 2.05) is 13.0 Å². The standard InChI is InChI=1S/C14H23NO/c1-3-14(2,11-16)10-12-8-6-4-5-7-9-13(12)15/h7,9,11H,3-6,8,10,15H2,1-2H3/b9-7-,13-12-. The predicted octanol–water partition coefficient (Wildman–Crippen LogP) is 3.33. The maximum Gasteiger partial charge on any atom is 0.126 e. The molecule has 0 heterocycles. The third-order valence-corrected chi connectivity index (χ3v) is 3.51. The minimum Gasteiger partial charge on any atom is -0.399 e. The van der Waals surface area contributed by atoms with Gasteiger partial charge < -0.3 is 10.5 Å². The van der Waals surface area contributed by atoms with Crippen molar-refractivity contribution in [2.24, 2.45) is 11.1 Å². The fraction of sp³-hybridized carbons (Fsp3) is 0.643. The molecule has 1 atom stereocenters. The Kier molecular flexibility index (Phi) is 4.78. The highest BCUT2D eigenvalue weighted by atomic mass is 16.1. The third-order valence-electron chi connectivity index (χ3n) is 3.51. The van der Waals surface area contributed by atoms with Crippen LogP contribution in [0.2, 0.25) is 0 Å². The highest BCUT2D eigenvalue weighted by Gasteiger charge is 2.23. The molecule has 1 unspecified atom stereocenters. The molecular formula is C14H23NO. The Morgan fingerprint density at radius 3 is 2.88 bits per heavy atom. The average molecular weight is 221 g/mol. The topological polar surface area (TPSA) is 43.1 Å². The SMILES string of the molecule is CCC(C)(C=O)C/C1=C(N)/C=C\CCCC1. The predicted molar refractivity (Wildman–Crippen MR) is 67.9 cm³/mol. The minimum absolute atomic E-state index is 0.243. The summed E-state index contributed by atoms with van der Waals surface area (Å²) in [5, 5.41) is 0. The molecular weight excluding hydrogens is 198 g/mol. The normalized spacial score (nSPS) is 27.6. The van der Waals surface area contributed by atoms with Gasteiger partial charge in [0.1, 0.15) is 6.29 Å². The molecule has 0 radical (unpaired) electrons. The number of carbonyl (C=O) groups excluding carboxylic acids is 1. The summed E-state index contributed by atoms with van der Waals surface area (Å²) in [6.45, 7) is 4.08. The minimum atomic E-state index is -0.243. The monoisotopic (exact) mass is 221 g/mol. The smallest absolute Gasteiger partial charge is 0.126 e. The van der Waals surface area contributed by atoms with E-state index in [9.17, 15) is 4.79 Å². The Morgan fingerprint density at radius 2 is 2.25 bits per heavy atom. The molecule has 2 N–H and O–H groups in total. The summed E-state index contributed by atoms with van der Waals surface area (Å²) in [5.74, 6) is 0. The van der Waals surface area contributed by atoms with Crippen LogP contribution in [0.4, 0.5) is 0 Å². The molecule has 0 aromatic carbocycles. The van der Waals surface area contributed by atoms with Crippen LogP contribution in [0.15, 0.2) is 23.4 Å². The lowest BCUT2D eigenvalue weighted by Crippen LogP contribution is -2.19. The Morgan fingerprint density at radius 1 is 1.50 bits per heavy atom. The van der Waals surface area contributed by atoms with E-state index in [1.165, 1.54) is 18.4 Å². The number of hydrogen-bond acceptors (Lipinski definition) is 2. The lowest BCUT2D eigenvalue weighted by Gasteiger charge is -2.24. The van der Waals surface area contributed by atoms with Crippen molar-refractivity contribution in [2.75, 3.05) is 0 Å². The van der Waals surface area contributed by atoms with E-state index in [0.29, 0.717) is 0 Å². The van der Waals surface area contributed by atoms with Gasteiger partial charge in [-0.05, 0) is 50.2 Å². The van der Waals surface area contributed by atoms with Crippen LogP contribution in [0.1, 0.15) is 52.4 Å². The second-order valence-electron chi connectivity index (χ2n) is 5.01. The molecule has 1 aliphatic carbocycles. The summed E-state index contributed by atoms with van der Waals surface area (Å²) in [6.07, 6.45) is 11.5. The first-order chi connectivity index (χ1) is 7.61. The number of nitrogens with two attached hydrogens (primary N) is 1. The van der Waals surface area contributed by atoms with Crippen LogP contribution in [0.5, 0.6) is 0 Å². The zero-order valence-corrected chi connectivity index (χ0v) is 10.5. The van der Waals surface area contributed by atoms with Gasteiger partial charge in [-0.25, -0.2) is 0 Å². The van der Waals surface area contributed by atoms with Crippen LogP contribution in [0.25, 0.3) is 0 Å². The van der Waals surface area contributed by atoms with Crippen molar-refractivity contribution in [3.63, 3.8) is 0 Å². The van der Waals surface area contributed by atoms with E-state index >= 15 is 0 Å². The molecule has 0 aromatic heterocycles. The van der Waals surface area contributed by atoms with Gasteiger partial charge in [-0.1, -0.05) is 19.9 Å². The first-order valence-corrected chi connectivity index (χ1v) is 6.21. The van der Waals surface area contributed by atoms with Crippen molar-refractivity contribution in [2.45, 2.75) is 52.4 Å². The van der Waals surface area contributed by atoms with E-state index < -0.39 is 0 Å². The summed E-state index contributed by atoms with van der Waals surface area (Å²) < 4.78 is 0. The molecule has 0 spiro atoms. The van der Waals surface area contributed by atoms with E-state index in [4.69, 9.17) is 5.73 Å². The maximum atomic E-state index is 11.1. The first kappa shape index (κ1) is 13.0. The summed E-state index contributed by atoms with van der Waals surface area (Å²) in [6, 6.07) is 0. The zero-order chi connectivity index (χ0) is 12.0. The van der Waals surface area contributed by atoms with Gasteiger partial charge >= 0.3 is 0 Å². The molecule has 0 saturated heterocycles. The number of hydrogen-bond donors (Lipinski definition) is 1. The van der Waals surface area contributed by atoms with Crippen molar-refractivity contribution in [1.82, 2.24) is 0 Å². The molecule has 0 aromatic rings. The van der Waals surface area contributed by atoms with Crippen molar-refractivity contribution in [1.29, 1.82) is 0 Å². The largest absolute Gasteiger partial charge is 0.399 e. The molecule has 0 bridgehead atoms. The Balaban J connectivity index is 2.83. The quantitative estimate of drug-likeness (QED) is 0.740. The van der Waals surface area contributed by atoms with Gasteiger partial charge in [-0.3, -0.25) is 0 Å². The van der Waals surface area contributed by atoms with Crippen molar-refractivity contribution >= 4 is 6.29 Å². The van der Waals surface area contributed by atoms with E-state index in [0.717, 1.165) is 37.7 Å². The van der Waals surface area contributed by atoms with Gasteiger partial charge in [0.25, 0.3) is 0 Å². The van der Waals surface area contributed by atoms with Crippen LogP contribution in [-0.2, 0) is 4.79 Å². The van der Waals surface area contributed by atoms with Gasteiger partial charge in [0.2, 0.25) is 0 Å². The van der Waals surface area contributed by atoms with Crippen molar-refractivity contribution in [3.05, 3.63) is 23.4 Å². The molecule has 0 aliphatic heterocycles. The van der Waals surface area contributed by atoms with Gasteiger partial charge in [-0.15, -0.1) is 0 Å². The Bertz CT molecular complexity index is 304. The second kappa shape index (κ2) is 5.88. The fourth-order valence-corrected chi connectivity index (χ4v) is 2.00. The maximum absolute atomic E-state index is 11.1. The molecule has 90 valence electrons. The average Bonchev–Trinajstić information content (AvgIpc) is 2.29. The fourth-order valence-electron chi connectivity index (χ4n) is 2.00. The van der Waals surface area contributed by atoms with E-state index in [-0.39, 0.29) is 5.41 Å². The second-order valence-corrected chi connectivity index (χ2v) is 5.01. The third kappa shape index (κ3) is 3.51. The number of allylic oxidation sites excluding steroid dienone is 3. The van der Waals surface area contributed by atoms with Crippen molar-refractivity contribution in [3.8, 4) is 0 Å². The lowest BCUT2D eigenvalue weighted by molar-refractivity contribution is -0.115. The number of aldehydes is 1. The van der Waals surface area contributed by atoms with Crippen LogP contribution in [-0.4, -0.2) is 6.29 Å². The van der Waals surface area contributed by atoms with Crippen LogP contribution >= 0.6 is 0 Å². The van der Waals surface area contributed by atoms with E-state index in [2.05, 4.69) is 13.0 Å². The highest BCUT2D eigenvalue weighted by Crippen LogP contribution is 2.31. The summed E-state index contributed by atoms with van der Waals surface area (Å²) in [4.78, 5) is 11.1. The molecule has 16 heavy (non-hydrogen) atoms. The molecule has 0 fully saturated rings. The van der Waals surface area contributed by atoms with Gasteiger partial charge in [0, 0.05) is 11.1 Å². The highest BCUT2D eigenvalue weighted by molar-refractivity contribution is 5.59. The van der Waals surface area contributed by atoms with Crippen LogP contribution in [0.3, 0.4) is 0 Å². The van der Waals surface area contributed by atoms with Gasteiger partial charge in [0.05, 0.1) is 0 Å². The summed E-state index contributed by atoms with van der Waals surface area (Å²) in [5.41, 5.74) is 7.93. The number of rotatable bonds is 4. The Hall–Kier alpha value is -1.05. The molecule has 0 saturated carbocycles. The van der Waals surface area contributed by atoms with Crippen LogP contribution in [0, 0.1) is 5.41 Å². The molecule has 2 nitrogen and oxygen atoms in total. The van der Waals surface area contributed by atoms with E-state index in [1.54, 1.807) is 0 Å². The van der Waals surface area contributed by atoms with Gasteiger partial charge in [-0.2, -0.15) is 0 Å². The van der Waals surface area contributed by atoms with Crippen LogP contribution < -0.4 is 5.73 Å². The molecule has 1 rings (SSSR count). The molecule has 0 amide bonds. The molecule has 1 aliphatic rings. The first-order valence-electron chi connectivity index (χ1n) is 6.21. The molecule has 2 heteroatoms.